The second kappa shape index (κ2) is 8.17. The highest BCUT2D eigenvalue weighted by Gasteiger charge is 2.23. The molecule has 0 saturated carbocycles. The van der Waals surface area contributed by atoms with Gasteiger partial charge in [0.1, 0.15) is 5.75 Å². The molecule has 7 heteroatoms. The van der Waals surface area contributed by atoms with Crippen LogP contribution in [-0.4, -0.2) is 30.8 Å². The molecule has 1 saturated heterocycles. The molecule has 1 fully saturated rings. The molecule has 144 valence electrons. The molecule has 0 unspecified atom stereocenters. The summed E-state index contributed by atoms with van der Waals surface area (Å²) in [5, 5.41) is 0.498. The number of hydrogen-bond donors (Lipinski definition) is 0. The normalized spacial score (nSPS) is 17.9. The zero-order chi connectivity index (χ0) is 18.8. The molecule has 1 amide bonds. The first-order chi connectivity index (χ1) is 13.2. The number of methoxy groups -OCH3 is 1. The van der Waals surface area contributed by atoms with Gasteiger partial charge in [0.2, 0.25) is 0 Å². The van der Waals surface area contributed by atoms with Crippen LogP contribution < -0.4 is 9.54 Å². The SMILES string of the molecule is COc1ccc(Cl)cc1C(=O)N=c1sc2c(n1CC1CCOCC1)CCC2. The van der Waals surface area contributed by atoms with Crippen LogP contribution in [0.3, 0.4) is 0 Å². The number of fused-ring (bicyclic) bond motifs is 1. The van der Waals surface area contributed by atoms with E-state index in [1.54, 1.807) is 36.6 Å². The second-order valence-electron chi connectivity index (χ2n) is 7.04. The molecule has 0 bridgehead atoms. The summed E-state index contributed by atoms with van der Waals surface area (Å²) >= 11 is 7.73. The minimum absolute atomic E-state index is 0.310. The molecule has 2 aromatic rings. The van der Waals surface area contributed by atoms with E-state index in [0.717, 1.165) is 50.2 Å². The molecular formula is C20H23ClN2O3S. The number of ether oxygens (including phenoxy) is 2. The van der Waals surface area contributed by atoms with Crippen LogP contribution in [0.5, 0.6) is 5.75 Å². The zero-order valence-corrected chi connectivity index (χ0v) is 16.9. The van der Waals surface area contributed by atoms with Crippen molar-refractivity contribution in [2.24, 2.45) is 10.9 Å². The minimum atomic E-state index is -0.310. The third-order valence-electron chi connectivity index (χ3n) is 5.28. The van der Waals surface area contributed by atoms with E-state index in [0.29, 0.717) is 22.3 Å². The van der Waals surface area contributed by atoms with Gasteiger partial charge in [0.05, 0.1) is 12.7 Å². The smallest absolute Gasteiger partial charge is 0.283 e. The standard InChI is InChI=1S/C20H23ClN2O3S/c1-25-17-6-5-14(21)11-15(17)19(24)22-20-23(12-13-7-9-26-10-8-13)16-3-2-4-18(16)27-20/h5-6,11,13H,2-4,7-10,12H2,1H3. The highest BCUT2D eigenvalue weighted by Crippen LogP contribution is 2.27. The average molecular weight is 407 g/mol. The van der Waals surface area contributed by atoms with Crippen LogP contribution >= 0.6 is 22.9 Å². The molecular weight excluding hydrogens is 384 g/mol. The van der Waals surface area contributed by atoms with Crippen LogP contribution in [0.1, 0.15) is 40.2 Å². The van der Waals surface area contributed by atoms with Gasteiger partial charge in [-0.05, 0) is 56.2 Å². The summed E-state index contributed by atoms with van der Waals surface area (Å²) in [6, 6.07) is 5.04. The van der Waals surface area contributed by atoms with Gasteiger partial charge in [-0.3, -0.25) is 4.79 Å². The predicted octanol–water partition coefficient (Wildman–Crippen LogP) is 3.87. The molecule has 2 aliphatic rings. The van der Waals surface area contributed by atoms with Crippen molar-refractivity contribution in [3.8, 4) is 5.75 Å². The van der Waals surface area contributed by atoms with Gasteiger partial charge in [-0.25, -0.2) is 0 Å². The molecule has 1 aromatic carbocycles. The Kier molecular flexibility index (Phi) is 5.66. The fourth-order valence-corrected chi connectivity index (χ4v) is 5.22. The fourth-order valence-electron chi connectivity index (χ4n) is 3.83. The number of rotatable bonds is 4. The lowest BCUT2D eigenvalue weighted by Gasteiger charge is -2.23. The zero-order valence-electron chi connectivity index (χ0n) is 15.4. The Morgan fingerprint density at radius 3 is 2.96 bits per heavy atom. The lowest BCUT2D eigenvalue weighted by Crippen LogP contribution is -2.27. The van der Waals surface area contributed by atoms with Gasteiger partial charge >= 0.3 is 0 Å². The number of carbonyl (C=O) groups excluding carboxylic acids is 1. The highest BCUT2D eigenvalue weighted by atomic mass is 35.5. The lowest BCUT2D eigenvalue weighted by atomic mass is 10.0. The lowest BCUT2D eigenvalue weighted by molar-refractivity contribution is 0.0607. The number of halogens is 1. The Morgan fingerprint density at radius 2 is 2.19 bits per heavy atom. The Labute approximate surface area is 167 Å². The second-order valence-corrected chi connectivity index (χ2v) is 8.53. The summed E-state index contributed by atoms with van der Waals surface area (Å²) in [6.07, 6.45) is 5.46. The van der Waals surface area contributed by atoms with Crippen molar-refractivity contribution in [1.29, 1.82) is 0 Å². The van der Waals surface area contributed by atoms with Gasteiger partial charge in [-0.2, -0.15) is 4.99 Å². The monoisotopic (exact) mass is 406 g/mol. The van der Waals surface area contributed by atoms with Gasteiger partial charge in [-0.1, -0.05) is 11.6 Å². The molecule has 0 atom stereocenters. The van der Waals surface area contributed by atoms with Crippen molar-refractivity contribution >= 4 is 28.8 Å². The number of thiazole rings is 1. The summed E-state index contributed by atoms with van der Waals surface area (Å²) in [7, 11) is 1.55. The van der Waals surface area contributed by atoms with Crippen molar-refractivity contribution in [2.45, 2.75) is 38.6 Å². The molecule has 2 heterocycles. The summed E-state index contributed by atoms with van der Waals surface area (Å²) in [5.74, 6) is 0.760. The van der Waals surface area contributed by atoms with Gasteiger partial charge in [0.15, 0.2) is 4.80 Å². The number of amides is 1. The largest absolute Gasteiger partial charge is 0.496 e. The number of nitrogens with zero attached hydrogens (tertiary/aromatic N) is 2. The maximum Gasteiger partial charge on any atom is 0.283 e. The number of aromatic nitrogens is 1. The van der Waals surface area contributed by atoms with Gasteiger partial charge in [0, 0.05) is 35.4 Å². The van der Waals surface area contributed by atoms with Crippen LogP contribution in [0.2, 0.25) is 5.02 Å². The van der Waals surface area contributed by atoms with Crippen molar-refractivity contribution < 1.29 is 14.3 Å². The van der Waals surface area contributed by atoms with Crippen LogP contribution in [-0.2, 0) is 24.1 Å². The molecule has 1 aliphatic carbocycles. The number of benzene rings is 1. The first-order valence-electron chi connectivity index (χ1n) is 9.37. The molecule has 4 rings (SSSR count). The molecule has 0 spiro atoms. The Bertz CT molecular complexity index is 912. The maximum absolute atomic E-state index is 12.9. The van der Waals surface area contributed by atoms with E-state index in [1.165, 1.54) is 17.0 Å². The van der Waals surface area contributed by atoms with E-state index < -0.39 is 0 Å². The molecule has 1 aromatic heterocycles. The Morgan fingerprint density at radius 1 is 1.37 bits per heavy atom. The van der Waals surface area contributed by atoms with E-state index in [2.05, 4.69) is 9.56 Å². The van der Waals surface area contributed by atoms with Gasteiger partial charge in [-0.15, -0.1) is 11.3 Å². The minimum Gasteiger partial charge on any atom is -0.496 e. The van der Waals surface area contributed by atoms with Crippen molar-refractivity contribution in [1.82, 2.24) is 4.57 Å². The molecule has 0 radical (unpaired) electrons. The van der Waals surface area contributed by atoms with Gasteiger partial charge < -0.3 is 14.0 Å². The average Bonchev–Trinajstić information content (AvgIpc) is 3.25. The summed E-state index contributed by atoms with van der Waals surface area (Å²) in [5.41, 5.74) is 1.76. The molecule has 0 N–H and O–H groups in total. The Balaban J connectivity index is 1.70. The maximum atomic E-state index is 12.9. The van der Waals surface area contributed by atoms with E-state index in [-0.39, 0.29) is 5.91 Å². The summed E-state index contributed by atoms with van der Waals surface area (Å²) < 4.78 is 13.1. The van der Waals surface area contributed by atoms with Crippen molar-refractivity contribution in [3.63, 3.8) is 0 Å². The first kappa shape index (κ1) is 18.7. The van der Waals surface area contributed by atoms with E-state index in [9.17, 15) is 4.79 Å². The number of aryl methyl sites for hydroxylation is 1. The van der Waals surface area contributed by atoms with Crippen molar-refractivity contribution in [3.05, 3.63) is 44.2 Å². The van der Waals surface area contributed by atoms with E-state index in [4.69, 9.17) is 21.1 Å². The third-order valence-corrected chi connectivity index (χ3v) is 6.70. The highest BCUT2D eigenvalue weighted by molar-refractivity contribution is 7.09. The Hall–Kier alpha value is -1.63. The summed E-state index contributed by atoms with van der Waals surface area (Å²) in [4.78, 5) is 19.5. The fraction of sp³-hybridized carbons (Fsp3) is 0.500. The van der Waals surface area contributed by atoms with Crippen LogP contribution in [0.25, 0.3) is 0 Å². The van der Waals surface area contributed by atoms with Crippen molar-refractivity contribution in [2.75, 3.05) is 20.3 Å². The van der Waals surface area contributed by atoms with E-state index >= 15 is 0 Å². The quantitative estimate of drug-likeness (QED) is 0.774. The van der Waals surface area contributed by atoms with Crippen LogP contribution in [0, 0.1) is 5.92 Å². The molecule has 27 heavy (non-hydrogen) atoms. The predicted molar refractivity (Wildman–Crippen MR) is 106 cm³/mol. The molecule has 5 nitrogen and oxygen atoms in total. The topological polar surface area (TPSA) is 52.8 Å². The third kappa shape index (κ3) is 3.98. The molecule has 1 aliphatic heterocycles. The van der Waals surface area contributed by atoms with Crippen LogP contribution in [0.15, 0.2) is 23.2 Å². The van der Waals surface area contributed by atoms with Crippen LogP contribution in [0.4, 0.5) is 0 Å². The van der Waals surface area contributed by atoms with E-state index in [1.807, 2.05) is 0 Å². The summed E-state index contributed by atoms with van der Waals surface area (Å²) in [6.45, 7) is 2.55. The van der Waals surface area contributed by atoms with Gasteiger partial charge in [0.25, 0.3) is 5.91 Å². The number of hydrogen-bond acceptors (Lipinski definition) is 4. The first-order valence-corrected chi connectivity index (χ1v) is 10.6. The number of carbonyl (C=O) groups is 1.